The molecule has 1 aromatic carbocycles. The van der Waals surface area contributed by atoms with Gasteiger partial charge in [-0.2, -0.15) is 11.8 Å². The smallest absolute Gasteiger partial charge is 0.142 e. The van der Waals surface area contributed by atoms with E-state index >= 15 is 0 Å². The molecule has 0 amide bonds. The molecule has 106 valence electrons. The molecule has 0 aromatic heterocycles. The van der Waals surface area contributed by atoms with Crippen molar-refractivity contribution in [1.82, 2.24) is 4.90 Å². The zero-order valence-corrected chi connectivity index (χ0v) is 12.7. The van der Waals surface area contributed by atoms with Crippen LogP contribution in [0.3, 0.4) is 0 Å². The highest BCUT2D eigenvalue weighted by molar-refractivity contribution is 8.00. The van der Waals surface area contributed by atoms with Gasteiger partial charge in [0, 0.05) is 30.1 Å². The minimum Gasteiger partial charge on any atom is -0.491 e. The third-order valence-corrected chi connectivity index (χ3v) is 4.52. The van der Waals surface area contributed by atoms with E-state index < -0.39 is 0 Å². The van der Waals surface area contributed by atoms with Gasteiger partial charge in [-0.3, -0.25) is 0 Å². The molecule has 1 saturated heterocycles. The van der Waals surface area contributed by atoms with E-state index in [0.29, 0.717) is 0 Å². The number of thioether (sulfide) groups is 1. The number of hydrogen-bond donors (Lipinski definition) is 1. The Kier molecular flexibility index (Phi) is 5.40. The van der Waals surface area contributed by atoms with Gasteiger partial charge in [-0.1, -0.05) is 26.0 Å². The average Bonchev–Trinajstić information content (AvgIpc) is 2.35. The number of ether oxygens (including phenoxy) is 1. The van der Waals surface area contributed by atoms with Crippen molar-refractivity contribution >= 4 is 17.4 Å². The lowest BCUT2D eigenvalue weighted by Crippen LogP contribution is -2.41. The zero-order valence-electron chi connectivity index (χ0n) is 11.8. The average molecular weight is 280 g/mol. The summed E-state index contributed by atoms with van der Waals surface area (Å²) in [5.41, 5.74) is 6.57. The second kappa shape index (κ2) is 7.06. The summed E-state index contributed by atoms with van der Waals surface area (Å²) in [6.07, 6.45) is 1.05. The summed E-state index contributed by atoms with van der Waals surface area (Å²) in [5, 5.41) is 1.49. The number of para-hydroxylation sites is 2. The quantitative estimate of drug-likeness (QED) is 0.665. The lowest BCUT2D eigenvalue weighted by atomic mass is 10.3. The van der Waals surface area contributed by atoms with Crippen molar-refractivity contribution in [1.29, 1.82) is 0 Å². The number of nitrogens with zero attached hydrogens (tertiary/aromatic N) is 1. The van der Waals surface area contributed by atoms with E-state index in [-0.39, 0.29) is 0 Å². The van der Waals surface area contributed by atoms with Crippen LogP contribution in [-0.2, 0) is 0 Å². The highest BCUT2D eigenvalue weighted by Crippen LogP contribution is 2.24. The van der Waals surface area contributed by atoms with Crippen molar-refractivity contribution in [2.75, 3.05) is 32.0 Å². The van der Waals surface area contributed by atoms with Gasteiger partial charge in [0.05, 0.1) is 12.3 Å². The van der Waals surface area contributed by atoms with Crippen molar-refractivity contribution in [3.8, 4) is 5.75 Å². The molecule has 0 aliphatic carbocycles. The molecule has 0 radical (unpaired) electrons. The van der Waals surface area contributed by atoms with E-state index in [1.807, 2.05) is 24.3 Å². The molecule has 1 heterocycles. The van der Waals surface area contributed by atoms with Gasteiger partial charge in [-0.15, -0.1) is 0 Å². The molecular weight excluding hydrogens is 256 g/mol. The fourth-order valence-corrected chi connectivity index (χ4v) is 3.94. The molecule has 2 N–H and O–H groups in total. The predicted octanol–water partition coefficient (Wildman–Crippen LogP) is 2.86. The van der Waals surface area contributed by atoms with Crippen LogP contribution in [0.2, 0.25) is 0 Å². The van der Waals surface area contributed by atoms with Gasteiger partial charge in [0.2, 0.25) is 0 Å². The highest BCUT2D eigenvalue weighted by Gasteiger charge is 2.21. The van der Waals surface area contributed by atoms with Crippen molar-refractivity contribution in [2.45, 2.75) is 30.8 Å². The van der Waals surface area contributed by atoms with E-state index in [4.69, 9.17) is 10.5 Å². The van der Waals surface area contributed by atoms with Crippen molar-refractivity contribution in [3.63, 3.8) is 0 Å². The second-order valence-electron chi connectivity index (χ2n) is 5.26. The first kappa shape index (κ1) is 14.5. The molecule has 3 nitrogen and oxygen atoms in total. The maximum absolute atomic E-state index is 5.84. The summed E-state index contributed by atoms with van der Waals surface area (Å²) >= 11 is 2.09. The lowest BCUT2D eigenvalue weighted by Gasteiger charge is -2.34. The minimum atomic E-state index is 0.721. The molecule has 2 unspecified atom stereocenters. The Hall–Kier alpha value is -0.870. The molecule has 1 fully saturated rings. The van der Waals surface area contributed by atoms with Gasteiger partial charge in [-0.05, 0) is 18.6 Å². The standard InChI is InChI=1S/C15H24N2OS/c1-12-10-17(11-13(2)19-12)8-5-9-18-15-7-4-3-6-14(15)16/h3-4,6-7,12-13H,5,8-11,16H2,1-2H3. The summed E-state index contributed by atoms with van der Waals surface area (Å²) in [6, 6.07) is 7.69. The van der Waals surface area contributed by atoms with Crippen LogP contribution in [0.25, 0.3) is 0 Å². The van der Waals surface area contributed by atoms with Gasteiger partial charge < -0.3 is 15.4 Å². The van der Waals surface area contributed by atoms with Crippen LogP contribution >= 0.6 is 11.8 Å². The molecule has 19 heavy (non-hydrogen) atoms. The molecule has 0 bridgehead atoms. The van der Waals surface area contributed by atoms with Crippen LogP contribution in [-0.4, -0.2) is 41.6 Å². The van der Waals surface area contributed by atoms with Crippen LogP contribution in [0.1, 0.15) is 20.3 Å². The van der Waals surface area contributed by atoms with Gasteiger partial charge in [0.1, 0.15) is 5.75 Å². The largest absolute Gasteiger partial charge is 0.491 e. The van der Waals surface area contributed by atoms with E-state index in [0.717, 1.165) is 41.5 Å². The monoisotopic (exact) mass is 280 g/mol. The van der Waals surface area contributed by atoms with Crippen LogP contribution in [0, 0.1) is 0 Å². The fourth-order valence-electron chi connectivity index (χ4n) is 2.55. The molecule has 2 rings (SSSR count). The Morgan fingerprint density at radius 3 is 2.63 bits per heavy atom. The van der Waals surface area contributed by atoms with Crippen molar-refractivity contribution in [2.24, 2.45) is 0 Å². The molecule has 4 heteroatoms. The van der Waals surface area contributed by atoms with Crippen LogP contribution in [0.5, 0.6) is 5.75 Å². The van der Waals surface area contributed by atoms with E-state index in [9.17, 15) is 0 Å². The maximum Gasteiger partial charge on any atom is 0.142 e. The van der Waals surface area contributed by atoms with Crippen LogP contribution in [0.4, 0.5) is 5.69 Å². The molecule has 0 spiro atoms. The number of rotatable bonds is 5. The lowest BCUT2D eigenvalue weighted by molar-refractivity contribution is 0.233. The first-order valence-corrected chi connectivity index (χ1v) is 7.94. The van der Waals surface area contributed by atoms with E-state index in [2.05, 4.69) is 30.5 Å². The maximum atomic E-state index is 5.84. The Balaban J connectivity index is 1.68. The number of nitrogen functional groups attached to an aromatic ring is 1. The minimum absolute atomic E-state index is 0.721. The Morgan fingerprint density at radius 1 is 1.26 bits per heavy atom. The second-order valence-corrected chi connectivity index (χ2v) is 7.14. The molecule has 1 aliphatic heterocycles. The van der Waals surface area contributed by atoms with Gasteiger partial charge in [-0.25, -0.2) is 0 Å². The first-order chi connectivity index (χ1) is 9.15. The summed E-state index contributed by atoms with van der Waals surface area (Å²) in [4.78, 5) is 2.55. The van der Waals surface area contributed by atoms with Crippen molar-refractivity contribution in [3.05, 3.63) is 24.3 Å². The Morgan fingerprint density at radius 2 is 1.95 bits per heavy atom. The Bertz CT molecular complexity index is 389. The number of nitrogens with two attached hydrogens (primary N) is 1. The highest BCUT2D eigenvalue weighted by atomic mass is 32.2. The first-order valence-electron chi connectivity index (χ1n) is 7.00. The normalized spacial score (nSPS) is 24.3. The van der Waals surface area contributed by atoms with Crippen LogP contribution < -0.4 is 10.5 Å². The zero-order chi connectivity index (χ0) is 13.7. The molecule has 0 saturated carbocycles. The number of benzene rings is 1. The molecule has 2 atom stereocenters. The summed E-state index contributed by atoms with van der Waals surface area (Å²) < 4.78 is 5.72. The summed E-state index contributed by atoms with van der Waals surface area (Å²) in [5.74, 6) is 0.804. The molecule has 1 aromatic rings. The number of anilines is 1. The third-order valence-electron chi connectivity index (χ3n) is 3.29. The Labute approximate surface area is 120 Å². The fraction of sp³-hybridized carbons (Fsp3) is 0.600. The third kappa shape index (κ3) is 4.62. The summed E-state index contributed by atoms with van der Waals surface area (Å²) in [6.45, 7) is 8.87. The topological polar surface area (TPSA) is 38.5 Å². The van der Waals surface area contributed by atoms with Gasteiger partial charge in [0.15, 0.2) is 0 Å². The predicted molar refractivity (Wildman–Crippen MR) is 83.9 cm³/mol. The number of hydrogen-bond acceptors (Lipinski definition) is 4. The van der Waals surface area contributed by atoms with E-state index in [1.54, 1.807) is 0 Å². The van der Waals surface area contributed by atoms with Gasteiger partial charge >= 0.3 is 0 Å². The van der Waals surface area contributed by atoms with E-state index in [1.165, 1.54) is 13.1 Å². The molecular formula is C15H24N2OS. The van der Waals surface area contributed by atoms with Crippen LogP contribution in [0.15, 0.2) is 24.3 Å². The summed E-state index contributed by atoms with van der Waals surface area (Å²) in [7, 11) is 0. The SMILES string of the molecule is CC1CN(CCCOc2ccccc2N)CC(C)S1. The van der Waals surface area contributed by atoms with Crippen molar-refractivity contribution < 1.29 is 4.74 Å². The molecule has 1 aliphatic rings. The van der Waals surface area contributed by atoms with Gasteiger partial charge in [0.25, 0.3) is 0 Å².